The molecular weight excluding hydrogens is 436 g/mol. The fourth-order valence-corrected chi connectivity index (χ4v) is 5.36. The van der Waals surface area contributed by atoms with Crippen LogP contribution in [0.15, 0.2) is 29.1 Å². The van der Waals surface area contributed by atoms with Gasteiger partial charge in [-0.05, 0) is 30.7 Å². The van der Waals surface area contributed by atoms with Crippen LogP contribution in [-0.2, 0) is 34.8 Å². The third-order valence-corrected chi connectivity index (χ3v) is 7.37. The van der Waals surface area contributed by atoms with E-state index in [0.717, 1.165) is 48.2 Å². The number of nitrogens with one attached hydrogen (secondary N) is 1. The number of phenolic OH excluding ortho intramolecular Hbond substituents is 1. The molecule has 3 aliphatic rings. The number of aromatic nitrogens is 2. The summed E-state index contributed by atoms with van der Waals surface area (Å²) >= 11 is 0. The maximum Gasteiger partial charge on any atom is 0.343 e. The van der Waals surface area contributed by atoms with Crippen LogP contribution in [0, 0.1) is 0 Å². The second kappa shape index (κ2) is 7.63. The number of esters is 1. The van der Waals surface area contributed by atoms with Crippen molar-refractivity contribution in [3.8, 4) is 17.1 Å². The molecule has 0 radical (unpaired) electrons. The molecule has 9 nitrogen and oxygen atoms in total. The second-order valence-electron chi connectivity index (χ2n) is 9.26. The number of aliphatic hydroxyl groups is 1. The summed E-state index contributed by atoms with van der Waals surface area (Å²) in [5, 5.41) is 25.9. The summed E-state index contributed by atoms with van der Waals surface area (Å²) in [4.78, 5) is 32.9. The van der Waals surface area contributed by atoms with E-state index in [1.165, 1.54) is 0 Å². The molecule has 0 amide bonds. The number of carbonyl (C=O) groups excluding carboxylic acids is 1. The molecule has 176 valence electrons. The monoisotopic (exact) mass is 462 g/mol. The van der Waals surface area contributed by atoms with E-state index in [9.17, 15) is 19.8 Å². The van der Waals surface area contributed by atoms with Crippen LogP contribution in [0.25, 0.3) is 22.3 Å². The predicted octanol–water partition coefficient (Wildman–Crippen LogP) is 1.19. The molecule has 5 heterocycles. The number of ether oxygens (including phenoxy) is 1. The average molecular weight is 463 g/mol. The summed E-state index contributed by atoms with van der Waals surface area (Å²) in [5.74, 6) is -0.496. The molecule has 0 bridgehead atoms. The van der Waals surface area contributed by atoms with Crippen molar-refractivity contribution >= 4 is 16.9 Å². The lowest BCUT2D eigenvalue weighted by molar-refractivity contribution is -0.172. The van der Waals surface area contributed by atoms with E-state index in [0.29, 0.717) is 35.6 Å². The van der Waals surface area contributed by atoms with E-state index in [2.05, 4.69) is 10.2 Å². The normalized spacial score (nSPS) is 21.8. The van der Waals surface area contributed by atoms with Crippen molar-refractivity contribution < 1.29 is 19.7 Å². The van der Waals surface area contributed by atoms with E-state index in [-0.39, 0.29) is 24.3 Å². The average Bonchev–Trinajstić information content (AvgIpc) is 3.21. The zero-order valence-electron chi connectivity index (χ0n) is 18.9. The van der Waals surface area contributed by atoms with Crippen molar-refractivity contribution in [3.63, 3.8) is 0 Å². The van der Waals surface area contributed by atoms with Crippen LogP contribution in [0.3, 0.4) is 0 Å². The minimum atomic E-state index is -1.84. The van der Waals surface area contributed by atoms with Gasteiger partial charge in [-0.25, -0.2) is 9.78 Å². The van der Waals surface area contributed by atoms with Crippen molar-refractivity contribution in [1.29, 1.82) is 0 Å². The van der Waals surface area contributed by atoms with Crippen LogP contribution in [0.5, 0.6) is 5.75 Å². The zero-order chi connectivity index (χ0) is 23.6. The Morgan fingerprint density at radius 1 is 1.21 bits per heavy atom. The Morgan fingerprint density at radius 3 is 2.76 bits per heavy atom. The molecule has 0 saturated carbocycles. The van der Waals surface area contributed by atoms with Crippen molar-refractivity contribution in [2.24, 2.45) is 0 Å². The maximum absolute atomic E-state index is 13.3. The summed E-state index contributed by atoms with van der Waals surface area (Å²) in [6, 6.07) is 7.17. The Balaban J connectivity index is 1.50. The molecule has 2 aromatic heterocycles. The first-order chi connectivity index (χ1) is 16.4. The van der Waals surface area contributed by atoms with Crippen LogP contribution in [0.4, 0.5) is 0 Å². The molecule has 1 atom stereocenters. The summed E-state index contributed by atoms with van der Waals surface area (Å²) in [5.41, 5.74) is 2.16. The summed E-state index contributed by atoms with van der Waals surface area (Å²) in [6.45, 7) is 6.13. The highest BCUT2D eigenvalue weighted by molar-refractivity contribution is 5.89. The van der Waals surface area contributed by atoms with E-state index in [1.54, 1.807) is 29.7 Å². The Kier molecular flexibility index (Phi) is 4.77. The van der Waals surface area contributed by atoms with Crippen molar-refractivity contribution in [2.75, 3.05) is 26.2 Å². The summed E-state index contributed by atoms with van der Waals surface area (Å²) in [6.07, 6.45) is 0.106. The molecule has 6 rings (SSSR count). The highest BCUT2D eigenvalue weighted by Crippen LogP contribution is 2.39. The number of pyridine rings is 2. The van der Waals surface area contributed by atoms with Gasteiger partial charge in [0, 0.05) is 54.8 Å². The van der Waals surface area contributed by atoms with E-state index < -0.39 is 11.6 Å². The zero-order valence-corrected chi connectivity index (χ0v) is 18.9. The number of piperazine rings is 1. The van der Waals surface area contributed by atoms with Gasteiger partial charge in [-0.3, -0.25) is 9.69 Å². The van der Waals surface area contributed by atoms with Gasteiger partial charge in [0.05, 0.1) is 29.0 Å². The van der Waals surface area contributed by atoms with Crippen LogP contribution in [-0.4, -0.2) is 56.8 Å². The fraction of sp³-hybridized carbons (Fsp3) is 0.400. The summed E-state index contributed by atoms with van der Waals surface area (Å²) in [7, 11) is 0. The highest BCUT2D eigenvalue weighted by Gasteiger charge is 2.45. The minimum Gasteiger partial charge on any atom is -0.508 e. The predicted molar refractivity (Wildman–Crippen MR) is 124 cm³/mol. The molecular formula is C25H26N4O5. The van der Waals surface area contributed by atoms with Gasteiger partial charge in [0.1, 0.15) is 12.4 Å². The molecule has 3 aromatic rings. The van der Waals surface area contributed by atoms with Crippen LogP contribution >= 0.6 is 0 Å². The Hall–Kier alpha value is -3.27. The van der Waals surface area contributed by atoms with Gasteiger partial charge in [0.15, 0.2) is 5.60 Å². The number of benzene rings is 1. The van der Waals surface area contributed by atoms with Crippen molar-refractivity contribution in [1.82, 2.24) is 19.8 Å². The number of aromatic hydroxyl groups is 1. The number of carbonyl (C=O) groups is 1. The number of hydrogen-bond acceptors (Lipinski definition) is 8. The van der Waals surface area contributed by atoms with Gasteiger partial charge < -0.3 is 24.8 Å². The molecule has 0 unspecified atom stereocenters. The lowest BCUT2D eigenvalue weighted by Crippen LogP contribution is -2.44. The number of cyclic esters (lactones) is 1. The van der Waals surface area contributed by atoms with Crippen LogP contribution < -0.4 is 10.9 Å². The van der Waals surface area contributed by atoms with Gasteiger partial charge in [0.2, 0.25) is 0 Å². The number of rotatable bonds is 3. The van der Waals surface area contributed by atoms with Crippen LogP contribution in [0.2, 0.25) is 0 Å². The van der Waals surface area contributed by atoms with Gasteiger partial charge in [-0.15, -0.1) is 0 Å². The topological polar surface area (TPSA) is 117 Å². The van der Waals surface area contributed by atoms with E-state index >= 15 is 0 Å². The Labute approximate surface area is 195 Å². The molecule has 1 fully saturated rings. The summed E-state index contributed by atoms with van der Waals surface area (Å²) < 4.78 is 6.76. The molecule has 9 heteroatoms. The maximum atomic E-state index is 13.3. The van der Waals surface area contributed by atoms with Gasteiger partial charge in [0.25, 0.3) is 5.56 Å². The van der Waals surface area contributed by atoms with Crippen molar-refractivity contribution in [3.05, 3.63) is 56.9 Å². The Morgan fingerprint density at radius 2 is 2.00 bits per heavy atom. The van der Waals surface area contributed by atoms with Gasteiger partial charge in [-0.1, -0.05) is 6.92 Å². The largest absolute Gasteiger partial charge is 0.508 e. The molecule has 34 heavy (non-hydrogen) atoms. The molecule has 1 saturated heterocycles. The molecule has 3 aliphatic heterocycles. The second-order valence-corrected chi connectivity index (χ2v) is 9.26. The first kappa shape index (κ1) is 21.3. The molecule has 1 aromatic carbocycles. The minimum absolute atomic E-state index is 0.106. The number of hydrogen-bond donors (Lipinski definition) is 3. The van der Waals surface area contributed by atoms with Gasteiger partial charge >= 0.3 is 5.97 Å². The quantitative estimate of drug-likeness (QED) is 0.389. The lowest BCUT2D eigenvalue weighted by Gasteiger charge is -2.31. The molecule has 3 N–H and O–H groups in total. The first-order valence-corrected chi connectivity index (χ1v) is 11.7. The van der Waals surface area contributed by atoms with Gasteiger partial charge in [-0.2, -0.15) is 0 Å². The first-order valence-electron chi connectivity index (χ1n) is 11.7. The lowest BCUT2D eigenvalue weighted by atomic mass is 9.86. The number of nitrogens with zero attached hydrogens (tertiary/aromatic N) is 3. The molecule has 0 spiro atoms. The molecule has 0 aliphatic carbocycles. The number of fused-ring (bicyclic) bond motifs is 5. The SMILES string of the molecule is CC[C@@]1(O)C(=O)OCc2c1cc1n(c2=O)Cc2cc3c(CN4CCNCC4)c(O)ccc3nc2-1. The van der Waals surface area contributed by atoms with E-state index in [1.807, 2.05) is 6.07 Å². The Bertz CT molecular complexity index is 1410. The van der Waals surface area contributed by atoms with E-state index in [4.69, 9.17) is 9.72 Å². The third kappa shape index (κ3) is 3.01. The van der Waals surface area contributed by atoms with Crippen LogP contribution in [0.1, 0.15) is 35.6 Å². The third-order valence-electron chi connectivity index (χ3n) is 7.37. The fourth-order valence-electron chi connectivity index (χ4n) is 5.36. The standard InChI is InChI=1S/C25H26N4O5/c1-2-25(33)18-10-20-22-14(11-29(20)23(31)17(18)13-34-24(25)32)9-15-16(12-28-7-5-26-6-8-28)21(30)4-3-19(15)27-22/h3-4,9-10,26,30,33H,2,5-8,11-13H2,1H3/t25-/m0/s1. The van der Waals surface area contributed by atoms with Crippen molar-refractivity contribution in [2.45, 2.75) is 38.6 Å². The smallest absolute Gasteiger partial charge is 0.343 e. The highest BCUT2D eigenvalue weighted by atomic mass is 16.6. The number of phenols is 1.